The minimum absolute atomic E-state index is 0.0718. The van der Waals surface area contributed by atoms with Crippen LogP contribution in [0.3, 0.4) is 0 Å². The van der Waals surface area contributed by atoms with Gasteiger partial charge in [-0.3, -0.25) is 4.90 Å². The molecule has 198 valence electrons. The summed E-state index contributed by atoms with van der Waals surface area (Å²) in [7, 11) is 0. The zero-order valence-corrected chi connectivity index (χ0v) is 20.2. The summed E-state index contributed by atoms with van der Waals surface area (Å²) in [5.41, 5.74) is 2.71. The number of carboxylic acid groups (broad SMARTS) is 1. The first-order valence-corrected chi connectivity index (χ1v) is 11.9. The highest BCUT2D eigenvalue weighted by molar-refractivity contribution is 5.88. The number of carboxylic acids is 1. The summed E-state index contributed by atoms with van der Waals surface area (Å²) in [5.74, 6) is -1.02. The third-order valence-corrected chi connectivity index (χ3v) is 6.05. The SMILES string of the molecule is N#Cc1ccc(-c2ccc(C(=O)O)cc2)cc1OC[C@H](O)CN(Cc1ccc(OC(F)(F)F)cc1)C1CC1. The van der Waals surface area contributed by atoms with Crippen LogP contribution in [0.25, 0.3) is 11.1 Å². The van der Waals surface area contributed by atoms with E-state index in [1.165, 1.54) is 24.3 Å². The Bertz CT molecular complexity index is 1300. The first-order chi connectivity index (χ1) is 18.1. The molecule has 1 saturated carbocycles. The van der Waals surface area contributed by atoms with Crippen molar-refractivity contribution in [1.82, 2.24) is 4.90 Å². The number of hydrogen-bond acceptors (Lipinski definition) is 6. The van der Waals surface area contributed by atoms with Crippen LogP contribution in [0.1, 0.15) is 34.3 Å². The zero-order chi connectivity index (χ0) is 27.3. The van der Waals surface area contributed by atoms with E-state index in [-0.39, 0.29) is 30.5 Å². The number of rotatable bonds is 11. The van der Waals surface area contributed by atoms with E-state index in [1.807, 2.05) is 0 Å². The Labute approximate surface area is 217 Å². The summed E-state index contributed by atoms with van der Waals surface area (Å²) in [5, 5.41) is 29.3. The molecule has 7 nitrogen and oxygen atoms in total. The molecule has 3 aromatic carbocycles. The summed E-state index contributed by atoms with van der Waals surface area (Å²) < 4.78 is 46.9. The average Bonchev–Trinajstić information content (AvgIpc) is 3.73. The van der Waals surface area contributed by atoms with Gasteiger partial charge in [-0.1, -0.05) is 30.3 Å². The van der Waals surface area contributed by atoms with Crippen LogP contribution >= 0.6 is 0 Å². The molecule has 0 radical (unpaired) electrons. The normalized spacial score (nSPS) is 14.1. The van der Waals surface area contributed by atoms with Crippen molar-refractivity contribution in [2.24, 2.45) is 0 Å². The number of nitriles is 1. The van der Waals surface area contributed by atoms with Crippen LogP contribution in [-0.4, -0.2) is 52.7 Å². The van der Waals surface area contributed by atoms with Gasteiger partial charge in [0, 0.05) is 19.1 Å². The molecule has 0 bridgehead atoms. The number of benzene rings is 3. The molecular weight excluding hydrogens is 501 g/mol. The summed E-state index contributed by atoms with van der Waals surface area (Å²) in [6.45, 7) is 0.653. The van der Waals surface area contributed by atoms with Gasteiger partial charge in [0.05, 0.1) is 11.1 Å². The molecule has 0 saturated heterocycles. The molecule has 38 heavy (non-hydrogen) atoms. The minimum Gasteiger partial charge on any atom is -0.489 e. The highest BCUT2D eigenvalue weighted by atomic mass is 19.4. The molecule has 1 fully saturated rings. The average molecular weight is 527 g/mol. The topological polar surface area (TPSA) is 103 Å². The predicted molar refractivity (Wildman–Crippen MR) is 132 cm³/mol. The van der Waals surface area contributed by atoms with E-state index in [1.54, 1.807) is 42.5 Å². The number of aliphatic hydroxyl groups excluding tert-OH is 1. The van der Waals surface area contributed by atoms with Crippen molar-refractivity contribution >= 4 is 5.97 Å². The quantitative estimate of drug-likeness (QED) is 0.353. The van der Waals surface area contributed by atoms with E-state index in [9.17, 15) is 28.3 Å². The van der Waals surface area contributed by atoms with Crippen molar-refractivity contribution in [2.75, 3.05) is 13.2 Å². The number of hydrogen-bond donors (Lipinski definition) is 2. The predicted octanol–water partition coefficient (Wildman–Crippen LogP) is 5.23. The largest absolute Gasteiger partial charge is 0.573 e. The number of nitrogens with zero attached hydrogens (tertiary/aromatic N) is 2. The lowest BCUT2D eigenvalue weighted by Crippen LogP contribution is -2.36. The second-order valence-corrected chi connectivity index (χ2v) is 9.02. The Hall–Kier alpha value is -4.07. The highest BCUT2D eigenvalue weighted by Gasteiger charge is 2.32. The van der Waals surface area contributed by atoms with Crippen molar-refractivity contribution in [3.05, 3.63) is 83.4 Å². The lowest BCUT2D eigenvalue weighted by atomic mass is 10.0. The number of aromatic carboxylic acids is 1. The van der Waals surface area contributed by atoms with Crippen molar-refractivity contribution in [2.45, 2.75) is 37.9 Å². The molecule has 0 aliphatic heterocycles. The Balaban J connectivity index is 1.38. The minimum atomic E-state index is -4.75. The summed E-state index contributed by atoms with van der Waals surface area (Å²) in [6.07, 6.45) is -3.70. The zero-order valence-electron chi connectivity index (χ0n) is 20.2. The number of halogens is 3. The Morgan fingerprint density at radius 2 is 1.71 bits per heavy atom. The molecule has 0 amide bonds. The number of aliphatic hydroxyl groups is 1. The van der Waals surface area contributed by atoms with Gasteiger partial charge in [0.1, 0.15) is 30.3 Å². The molecule has 1 aliphatic carbocycles. The number of alkyl halides is 3. The first kappa shape index (κ1) is 27.0. The second-order valence-electron chi connectivity index (χ2n) is 9.02. The summed E-state index contributed by atoms with van der Waals surface area (Å²) in [6, 6.07) is 19.3. The Kier molecular flexibility index (Phi) is 8.20. The van der Waals surface area contributed by atoms with Gasteiger partial charge in [0.2, 0.25) is 0 Å². The molecule has 10 heteroatoms. The summed E-state index contributed by atoms with van der Waals surface area (Å²) >= 11 is 0. The van der Waals surface area contributed by atoms with Gasteiger partial charge < -0.3 is 19.7 Å². The fourth-order valence-corrected chi connectivity index (χ4v) is 4.04. The van der Waals surface area contributed by atoms with Crippen LogP contribution in [0.2, 0.25) is 0 Å². The van der Waals surface area contributed by atoms with Gasteiger partial charge in [0.25, 0.3) is 0 Å². The van der Waals surface area contributed by atoms with Crippen LogP contribution < -0.4 is 9.47 Å². The molecule has 3 aromatic rings. The molecular formula is C28H25F3N2O5. The van der Waals surface area contributed by atoms with Gasteiger partial charge in [-0.15, -0.1) is 13.2 Å². The third-order valence-electron chi connectivity index (χ3n) is 6.05. The monoisotopic (exact) mass is 526 g/mol. The molecule has 1 aliphatic rings. The van der Waals surface area contributed by atoms with Crippen LogP contribution in [0.4, 0.5) is 13.2 Å². The lowest BCUT2D eigenvalue weighted by Gasteiger charge is -2.25. The standard InChI is InChI=1S/C28H25F3N2O5/c29-28(30,31)38-25-11-1-18(2-12-25)15-33(23-9-10-23)16-24(34)17-37-26-13-21(7-8-22(26)14-32)19-3-5-20(6-4-19)27(35)36/h1-8,11-13,23-24,34H,9-10,15-17H2,(H,35,36)/t24-/m1/s1. The number of ether oxygens (including phenoxy) is 2. The van der Waals surface area contributed by atoms with Gasteiger partial charge in [0.15, 0.2) is 0 Å². The van der Waals surface area contributed by atoms with Crippen LogP contribution in [-0.2, 0) is 6.54 Å². The van der Waals surface area contributed by atoms with E-state index >= 15 is 0 Å². The van der Waals surface area contributed by atoms with E-state index < -0.39 is 18.4 Å². The smallest absolute Gasteiger partial charge is 0.489 e. The Morgan fingerprint density at radius 1 is 1.05 bits per heavy atom. The van der Waals surface area contributed by atoms with Crippen LogP contribution in [0.5, 0.6) is 11.5 Å². The fraction of sp³-hybridized carbons (Fsp3) is 0.286. The van der Waals surface area contributed by atoms with Gasteiger partial charge in [-0.05, 0) is 65.9 Å². The highest BCUT2D eigenvalue weighted by Crippen LogP contribution is 2.30. The van der Waals surface area contributed by atoms with E-state index in [0.29, 0.717) is 17.9 Å². The third kappa shape index (κ3) is 7.47. The van der Waals surface area contributed by atoms with Gasteiger partial charge >= 0.3 is 12.3 Å². The van der Waals surface area contributed by atoms with E-state index in [0.717, 1.165) is 29.5 Å². The van der Waals surface area contributed by atoms with E-state index in [2.05, 4.69) is 15.7 Å². The van der Waals surface area contributed by atoms with Crippen LogP contribution in [0.15, 0.2) is 66.7 Å². The summed E-state index contributed by atoms with van der Waals surface area (Å²) in [4.78, 5) is 13.1. The molecule has 0 unspecified atom stereocenters. The lowest BCUT2D eigenvalue weighted by molar-refractivity contribution is -0.274. The maximum absolute atomic E-state index is 12.4. The van der Waals surface area contributed by atoms with E-state index in [4.69, 9.17) is 9.84 Å². The van der Waals surface area contributed by atoms with Crippen molar-refractivity contribution in [1.29, 1.82) is 5.26 Å². The van der Waals surface area contributed by atoms with Crippen LogP contribution in [0, 0.1) is 11.3 Å². The molecule has 0 aromatic heterocycles. The molecule has 2 N–H and O–H groups in total. The maximum Gasteiger partial charge on any atom is 0.573 e. The Morgan fingerprint density at radius 3 is 2.29 bits per heavy atom. The molecule has 0 spiro atoms. The van der Waals surface area contributed by atoms with Gasteiger partial charge in [-0.2, -0.15) is 5.26 Å². The van der Waals surface area contributed by atoms with Crippen molar-refractivity contribution in [3.63, 3.8) is 0 Å². The number of carbonyl (C=O) groups is 1. The first-order valence-electron chi connectivity index (χ1n) is 11.9. The van der Waals surface area contributed by atoms with Crippen molar-refractivity contribution in [3.8, 4) is 28.7 Å². The maximum atomic E-state index is 12.4. The molecule has 0 heterocycles. The van der Waals surface area contributed by atoms with Crippen molar-refractivity contribution < 1.29 is 37.7 Å². The second kappa shape index (κ2) is 11.5. The van der Waals surface area contributed by atoms with Gasteiger partial charge in [-0.25, -0.2) is 4.79 Å². The fourth-order valence-electron chi connectivity index (χ4n) is 4.04. The molecule has 1 atom stereocenters. The molecule has 4 rings (SSSR count).